The first-order chi connectivity index (χ1) is 28.1. The van der Waals surface area contributed by atoms with E-state index in [1.807, 2.05) is 6.08 Å². The van der Waals surface area contributed by atoms with Gasteiger partial charge in [0.05, 0.1) is 32.0 Å². The standard InChI is InChI=1S/C44H77NO13/c1-3-5-7-9-11-13-14-15-16-17-18-20-22-24-26-28-36(49)45-32(33(48)27-25-23-21-19-12-10-8-6-4-2)31-55-43-41(54)39(52)42(35(30-47)57-43)58-44-40(53)38(51)37(50)34(29-46)56-44/h11-13,15-16,19,25,27,32-35,37-44,46-48,50-54H,3-10,14,17-18,20-24,26,28-31H2,1-2H3,(H,45,49)/b13-11-,16-15-,19-12+,27-25+. The van der Waals surface area contributed by atoms with Gasteiger partial charge in [0.1, 0.15) is 48.8 Å². The molecule has 0 aromatic carbocycles. The summed E-state index contributed by atoms with van der Waals surface area (Å²) in [6.07, 6.45) is 17.5. The Morgan fingerprint density at radius 2 is 1.16 bits per heavy atom. The van der Waals surface area contributed by atoms with Gasteiger partial charge in [-0.05, 0) is 64.2 Å². The number of allylic oxidation sites excluding steroid dienone is 7. The first kappa shape index (κ1) is 52.1. The zero-order valence-corrected chi connectivity index (χ0v) is 35.0. The third kappa shape index (κ3) is 20.0. The van der Waals surface area contributed by atoms with Gasteiger partial charge in [0.25, 0.3) is 0 Å². The number of amides is 1. The fourth-order valence-corrected chi connectivity index (χ4v) is 6.80. The maximum absolute atomic E-state index is 13.1. The number of ether oxygens (including phenoxy) is 4. The van der Waals surface area contributed by atoms with Crippen LogP contribution in [0.25, 0.3) is 0 Å². The van der Waals surface area contributed by atoms with Gasteiger partial charge in [0, 0.05) is 6.42 Å². The lowest BCUT2D eigenvalue weighted by molar-refractivity contribution is -0.359. The molecule has 2 heterocycles. The molecule has 14 nitrogen and oxygen atoms in total. The van der Waals surface area contributed by atoms with E-state index in [2.05, 4.69) is 55.6 Å². The molecule has 14 heteroatoms. The summed E-state index contributed by atoms with van der Waals surface area (Å²) in [6, 6.07) is -0.935. The summed E-state index contributed by atoms with van der Waals surface area (Å²) in [5, 5.41) is 86.2. The second kappa shape index (κ2) is 31.8. The van der Waals surface area contributed by atoms with Gasteiger partial charge >= 0.3 is 0 Å². The van der Waals surface area contributed by atoms with Crippen molar-refractivity contribution in [2.24, 2.45) is 0 Å². The molecule has 0 aromatic heterocycles. The quantitative estimate of drug-likeness (QED) is 0.0359. The zero-order valence-electron chi connectivity index (χ0n) is 35.0. The SMILES string of the molecule is CCCCC/C=C\C/C=C\CCCCCCCC(=O)NC(COC1OC(CO)C(OC2OC(CO)C(O)C(O)C2O)C(O)C1O)C(O)/C=C/CC/C=C/CCCCC. The van der Waals surface area contributed by atoms with Gasteiger partial charge in [-0.3, -0.25) is 4.79 Å². The molecule has 2 fully saturated rings. The molecular weight excluding hydrogens is 750 g/mol. The molecule has 1 amide bonds. The Morgan fingerprint density at radius 3 is 1.79 bits per heavy atom. The second-order valence-corrected chi connectivity index (χ2v) is 15.5. The number of carbonyl (C=O) groups is 1. The Morgan fingerprint density at radius 1 is 0.621 bits per heavy atom. The van der Waals surface area contributed by atoms with Gasteiger partial charge in [0.2, 0.25) is 5.91 Å². The Hall–Kier alpha value is -2.05. The second-order valence-electron chi connectivity index (χ2n) is 15.5. The van der Waals surface area contributed by atoms with Gasteiger partial charge in [-0.1, -0.05) is 107 Å². The van der Waals surface area contributed by atoms with Crippen molar-refractivity contribution in [1.29, 1.82) is 0 Å². The summed E-state index contributed by atoms with van der Waals surface area (Å²) in [7, 11) is 0. The molecule has 9 N–H and O–H groups in total. The fraction of sp³-hybridized carbons (Fsp3) is 0.795. The molecular formula is C44H77NO13. The summed E-state index contributed by atoms with van der Waals surface area (Å²) < 4.78 is 22.5. The molecule has 0 bridgehead atoms. The van der Waals surface area contributed by atoms with Crippen LogP contribution in [-0.2, 0) is 23.7 Å². The molecule has 0 spiro atoms. The third-order valence-corrected chi connectivity index (χ3v) is 10.5. The highest BCUT2D eigenvalue weighted by Gasteiger charge is 2.50. The summed E-state index contributed by atoms with van der Waals surface area (Å²) in [4.78, 5) is 13.1. The van der Waals surface area contributed by atoms with E-state index < -0.39 is 86.8 Å². The largest absolute Gasteiger partial charge is 0.394 e. The number of unbranched alkanes of at least 4 members (excludes halogenated alkanes) is 12. The van der Waals surface area contributed by atoms with Crippen molar-refractivity contribution < 1.29 is 64.6 Å². The number of rotatable bonds is 31. The Kier molecular flexibility index (Phi) is 28.5. The molecule has 2 saturated heterocycles. The Balaban J connectivity index is 1.92. The monoisotopic (exact) mass is 828 g/mol. The van der Waals surface area contributed by atoms with Crippen molar-refractivity contribution in [1.82, 2.24) is 5.32 Å². The van der Waals surface area contributed by atoms with Crippen molar-refractivity contribution in [3.8, 4) is 0 Å². The van der Waals surface area contributed by atoms with E-state index in [-0.39, 0.29) is 18.9 Å². The van der Waals surface area contributed by atoms with Crippen LogP contribution in [0.4, 0.5) is 0 Å². The number of aliphatic hydroxyl groups excluding tert-OH is 8. The van der Waals surface area contributed by atoms with E-state index in [4.69, 9.17) is 18.9 Å². The minimum Gasteiger partial charge on any atom is -0.394 e. The van der Waals surface area contributed by atoms with Crippen LogP contribution >= 0.6 is 0 Å². The average Bonchev–Trinajstić information content (AvgIpc) is 3.22. The molecule has 12 unspecified atom stereocenters. The molecule has 2 aliphatic rings. The van der Waals surface area contributed by atoms with Gasteiger partial charge in [-0.2, -0.15) is 0 Å². The lowest BCUT2D eigenvalue weighted by Crippen LogP contribution is -2.65. The van der Waals surface area contributed by atoms with Gasteiger partial charge < -0.3 is 65.1 Å². The van der Waals surface area contributed by atoms with E-state index in [0.717, 1.165) is 64.2 Å². The van der Waals surface area contributed by atoms with E-state index in [1.165, 1.54) is 32.1 Å². The normalized spacial score (nSPS) is 29.3. The van der Waals surface area contributed by atoms with Crippen LogP contribution in [0.2, 0.25) is 0 Å². The topological polar surface area (TPSA) is 228 Å². The lowest BCUT2D eigenvalue weighted by Gasteiger charge is -2.46. The number of carbonyl (C=O) groups excluding carboxylic acids is 1. The van der Waals surface area contributed by atoms with Crippen molar-refractivity contribution in [3.05, 3.63) is 48.6 Å². The maximum atomic E-state index is 13.1. The molecule has 0 aromatic rings. The first-order valence-corrected chi connectivity index (χ1v) is 21.9. The molecule has 336 valence electrons. The van der Waals surface area contributed by atoms with Crippen molar-refractivity contribution in [3.63, 3.8) is 0 Å². The Labute approximate surface area is 346 Å². The van der Waals surface area contributed by atoms with Crippen LogP contribution in [-0.4, -0.2) is 140 Å². The number of aliphatic hydroxyl groups is 8. The molecule has 0 aliphatic carbocycles. The van der Waals surface area contributed by atoms with Gasteiger partial charge in [-0.25, -0.2) is 0 Å². The molecule has 2 aliphatic heterocycles. The highest BCUT2D eigenvalue weighted by atomic mass is 16.7. The summed E-state index contributed by atoms with van der Waals surface area (Å²) in [5.41, 5.74) is 0. The lowest BCUT2D eigenvalue weighted by atomic mass is 9.97. The summed E-state index contributed by atoms with van der Waals surface area (Å²) in [5.74, 6) is -0.270. The Bertz CT molecular complexity index is 1160. The predicted octanol–water partition coefficient (Wildman–Crippen LogP) is 3.76. The average molecular weight is 828 g/mol. The van der Waals surface area contributed by atoms with Crippen molar-refractivity contribution in [2.45, 2.75) is 203 Å². The molecule has 12 atom stereocenters. The van der Waals surface area contributed by atoms with E-state index >= 15 is 0 Å². The minimum atomic E-state index is -1.79. The summed E-state index contributed by atoms with van der Waals surface area (Å²) in [6.45, 7) is 2.63. The minimum absolute atomic E-state index is 0.255. The first-order valence-electron chi connectivity index (χ1n) is 21.9. The van der Waals surface area contributed by atoms with Crippen molar-refractivity contribution in [2.75, 3.05) is 19.8 Å². The van der Waals surface area contributed by atoms with Crippen LogP contribution in [0.5, 0.6) is 0 Å². The van der Waals surface area contributed by atoms with Crippen LogP contribution in [0.3, 0.4) is 0 Å². The van der Waals surface area contributed by atoms with Gasteiger partial charge in [0.15, 0.2) is 12.6 Å². The van der Waals surface area contributed by atoms with Gasteiger partial charge in [-0.15, -0.1) is 0 Å². The van der Waals surface area contributed by atoms with E-state index in [0.29, 0.717) is 12.8 Å². The third-order valence-electron chi connectivity index (χ3n) is 10.5. The van der Waals surface area contributed by atoms with Crippen LogP contribution in [0.1, 0.15) is 129 Å². The highest BCUT2D eigenvalue weighted by Crippen LogP contribution is 2.29. The fourth-order valence-electron chi connectivity index (χ4n) is 6.80. The number of hydrogen-bond acceptors (Lipinski definition) is 13. The zero-order chi connectivity index (χ0) is 42.5. The van der Waals surface area contributed by atoms with E-state index in [9.17, 15) is 45.6 Å². The van der Waals surface area contributed by atoms with Crippen LogP contribution in [0, 0.1) is 0 Å². The molecule has 0 radical (unpaired) electrons. The maximum Gasteiger partial charge on any atom is 0.220 e. The summed E-state index contributed by atoms with van der Waals surface area (Å²) >= 11 is 0. The highest BCUT2D eigenvalue weighted by molar-refractivity contribution is 5.76. The molecule has 2 rings (SSSR count). The number of hydrogen-bond donors (Lipinski definition) is 9. The predicted molar refractivity (Wildman–Crippen MR) is 221 cm³/mol. The van der Waals surface area contributed by atoms with Crippen LogP contribution < -0.4 is 5.32 Å². The molecule has 0 saturated carbocycles. The van der Waals surface area contributed by atoms with Crippen LogP contribution in [0.15, 0.2) is 48.6 Å². The number of nitrogens with one attached hydrogen (secondary N) is 1. The molecule has 58 heavy (non-hydrogen) atoms. The van der Waals surface area contributed by atoms with E-state index in [1.54, 1.807) is 6.08 Å². The smallest absolute Gasteiger partial charge is 0.220 e. The van der Waals surface area contributed by atoms with Crippen molar-refractivity contribution >= 4 is 5.91 Å².